The number of pyridine rings is 1. The number of hydrogen-bond acceptors (Lipinski definition) is 8. The van der Waals surface area contributed by atoms with Crippen molar-refractivity contribution in [2.45, 2.75) is 24.4 Å². The molecule has 2 fully saturated rings. The van der Waals surface area contributed by atoms with Crippen LogP contribution in [0.3, 0.4) is 0 Å². The zero-order valence-electron chi connectivity index (χ0n) is 19.2. The molecule has 2 aliphatic rings. The minimum absolute atomic E-state index is 0.139. The fourth-order valence-electron chi connectivity index (χ4n) is 3.35. The molecule has 0 aliphatic carbocycles. The second-order valence-electron chi connectivity index (χ2n) is 7.94. The van der Waals surface area contributed by atoms with Gasteiger partial charge in [-0.3, -0.25) is 4.90 Å². The Balaban J connectivity index is 0.000000404. The number of ether oxygens (including phenoxy) is 2. The molecule has 1 aromatic heterocycles. The first-order chi connectivity index (χ1) is 17.1. The summed E-state index contributed by atoms with van der Waals surface area (Å²) >= 11 is 0. The molecule has 0 amide bonds. The topological polar surface area (TPSA) is 141 Å². The smallest absolute Gasteiger partial charge is 0.475 e. The van der Waals surface area contributed by atoms with E-state index in [0.29, 0.717) is 32.9 Å². The molecule has 0 radical (unpaired) electrons. The number of anilines is 1. The van der Waals surface area contributed by atoms with Crippen LogP contribution in [0.25, 0.3) is 0 Å². The quantitative estimate of drug-likeness (QED) is 0.400. The molecule has 2 saturated heterocycles. The number of aliphatic hydroxyl groups excluding tert-OH is 1. The van der Waals surface area contributed by atoms with Gasteiger partial charge in [0.2, 0.25) is 0 Å². The number of carboxylic acids is 2. The first-order valence-electron chi connectivity index (χ1n) is 10.6. The lowest BCUT2D eigenvalue weighted by atomic mass is 9.94. The van der Waals surface area contributed by atoms with E-state index in [1.54, 1.807) is 12.3 Å². The summed E-state index contributed by atoms with van der Waals surface area (Å²) < 4.78 is 88.8. The molecule has 212 valence electrons. The van der Waals surface area contributed by atoms with E-state index in [1.807, 2.05) is 0 Å². The largest absolute Gasteiger partial charge is 0.490 e. The van der Waals surface area contributed by atoms with Gasteiger partial charge >= 0.3 is 24.3 Å². The van der Waals surface area contributed by atoms with Gasteiger partial charge in [-0.05, 0) is 18.6 Å². The van der Waals surface area contributed by atoms with E-state index < -0.39 is 24.3 Å². The van der Waals surface area contributed by atoms with Crippen molar-refractivity contribution in [1.82, 2.24) is 9.88 Å². The Bertz CT molecular complexity index is 849. The third-order valence-electron chi connectivity index (χ3n) is 4.93. The summed E-state index contributed by atoms with van der Waals surface area (Å²) in [5.74, 6) is -5.28. The predicted molar refractivity (Wildman–Crippen MR) is 111 cm³/mol. The molecule has 1 aromatic rings. The van der Waals surface area contributed by atoms with Crippen molar-refractivity contribution in [1.29, 1.82) is 0 Å². The van der Waals surface area contributed by atoms with Crippen LogP contribution in [0.4, 0.5) is 36.6 Å². The summed E-state index contributed by atoms with van der Waals surface area (Å²) in [5, 5.41) is 26.5. The molecule has 3 heterocycles. The highest BCUT2D eigenvalue weighted by atomic mass is 19.4. The van der Waals surface area contributed by atoms with Gasteiger partial charge in [0.25, 0.3) is 0 Å². The fourth-order valence-corrected chi connectivity index (χ4v) is 3.35. The molecule has 4 N–H and O–H groups in total. The van der Waals surface area contributed by atoms with Crippen LogP contribution in [0.1, 0.15) is 6.42 Å². The first kappa shape index (κ1) is 32.3. The lowest BCUT2D eigenvalue weighted by Gasteiger charge is -2.30. The zero-order valence-corrected chi connectivity index (χ0v) is 19.2. The van der Waals surface area contributed by atoms with Crippen molar-refractivity contribution in [3.63, 3.8) is 0 Å². The van der Waals surface area contributed by atoms with Gasteiger partial charge in [-0.1, -0.05) is 0 Å². The van der Waals surface area contributed by atoms with Gasteiger partial charge in [-0.25, -0.2) is 19.0 Å². The van der Waals surface area contributed by atoms with Gasteiger partial charge in [0.05, 0.1) is 26.4 Å². The van der Waals surface area contributed by atoms with Gasteiger partial charge < -0.3 is 30.1 Å². The summed E-state index contributed by atoms with van der Waals surface area (Å²) in [7, 11) is 0. The molecule has 0 saturated carbocycles. The molecule has 37 heavy (non-hydrogen) atoms. The number of nitrogens with zero attached hydrogens (tertiary/aromatic N) is 2. The molecule has 2 aliphatic heterocycles. The van der Waals surface area contributed by atoms with E-state index in [9.17, 15) is 30.7 Å². The molecule has 0 aromatic carbocycles. The Morgan fingerprint density at radius 1 is 1.16 bits per heavy atom. The Kier molecular flexibility index (Phi) is 12.4. The molecule has 2 unspecified atom stereocenters. The first-order valence-corrected chi connectivity index (χ1v) is 10.6. The Morgan fingerprint density at radius 3 is 2.27 bits per heavy atom. The van der Waals surface area contributed by atoms with Gasteiger partial charge in [0.15, 0.2) is 11.6 Å². The molecular formula is C20H26F7N3O7. The van der Waals surface area contributed by atoms with Gasteiger partial charge in [0, 0.05) is 38.3 Å². The highest BCUT2D eigenvalue weighted by molar-refractivity contribution is 5.73. The number of β-amino-alcohol motifs (C(OH)–C–C–N with tert-alkyl or cyclic N) is 1. The lowest BCUT2D eigenvalue weighted by Crippen LogP contribution is -2.45. The summed E-state index contributed by atoms with van der Waals surface area (Å²) in [4.78, 5) is 24.0. The SMILES string of the molecule is O=C(O)C(F)(F)F.O=C(O)C(F)(F)F.OCCN1CCOCC2(CC(CNc3ncccc3F)CO2)C1. The van der Waals surface area contributed by atoms with E-state index in [1.165, 1.54) is 6.07 Å². The van der Waals surface area contributed by atoms with Crippen molar-refractivity contribution >= 4 is 17.8 Å². The number of hydrogen-bond donors (Lipinski definition) is 4. The van der Waals surface area contributed by atoms with Crippen LogP contribution in [0.2, 0.25) is 0 Å². The number of rotatable bonds is 5. The van der Waals surface area contributed by atoms with E-state index in [0.717, 1.165) is 19.5 Å². The second kappa shape index (κ2) is 14.3. The lowest BCUT2D eigenvalue weighted by molar-refractivity contribution is -0.193. The number of carbonyl (C=O) groups is 2. The maximum absolute atomic E-state index is 13.6. The molecule has 10 nitrogen and oxygen atoms in total. The number of alkyl halides is 6. The van der Waals surface area contributed by atoms with Crippen molar-refractivity contribution < 1.29 is 65.1 Å². The van der Waals surface area contributed by atoms with Gasteiger partial charge in [-0.2, -0.15) is 26.3 Å². The van der Waals surface area contributed by atoms with E-state index in [-0.39, 0.29) is 29.8 Å². The minimum atomic E-state index is -5.08. The van der Waals surface area contributed by atoms with Gasteiger partial charge in [0.1, 0.15) is 5.60 Å². The highest BCUT2D eigenvalue weighted by Gasteiger charge is 2.43. The van der Waals surface area contributed by atoms with Crippen LogP contribution in [0.5, 0.6) is 0 Å². The number of halogens is 7. The van der Waals surface area contributed by atoms with Crippen LogP contribution in [0.15, 0.2) is 18.3 Å². The number of nitrogens with one attached hydrogen (secondary N) is 1. The van der Waals surface area contributed by atoms with Crippen LogP contribution in [-0.2, 0) is 19.1 Å². The highest BCUT2D eigenvalue weighted by Crippen LogP contribution is 2.33. The fraction of sp³-hybridized carbons (Fsp3) is 0.650. The van der Waals surface area contributed by atoms with Crippen molar-refractivity contribution in [2.75, 3.05) is 57.9 Å². The summed E-state index contributed by atoms with van der Waals surface area (Å²) in [6.45, 7) is 4.83. The summed E-state index contributed by atoms with van der Waals surface area (Å²) in [6.07, 6.45) is -7.74. The Hall–Kier alpha value is -2.76. The van der Waals surface area contributed by atoms with E-state index >= 15 is 0 Å². The molecule has 3 rings (SSSR count). The number of aliphatic carboxylic acids is 2. The monoisotopic (exact) mass is 553 g/mol. The number of aromatic nitrogens is 1. The normalized spacial score (nSPS) is 22.2. The molecule has 0 bridgehead atoms. The summed E-state index contributed by atoms with van der Waals surface area (Å²) in [6, 6.07) is 2.97. The zero-order chi connectivity index (χ0) is 28.3. The number of aliphatic hydroxyl groups is 1. The van der Waals surface area contributed by atoms with Gasteiger partial charge in [-0.15, -0.1) is 0 Å². The van der Waals surface area contributed by atoms with Crippen molar-refractivity contribution in [2.24, 2.45) is 5.92 Å². The van der Waals surface area contributed by atoms with E-state index in [4.69, 9.17) is 34.4 Å². The second-order valence-corrected chi connectivity index (χ2v) is 7.94. The molecule has 1 spiro atoms. The molecule has 17 heteroatoms. The predicted octanol–water partition coefficient (Wildman–Crippen LogP) is 2.00. The van der Waals surface area contributed by atoms with E-state index in [2.05, 4.69) is 15.2 Å². The average Bonchev–Trinajstić information content (AvgIpc) is 3.07. The maximum Gasteiger partial charge on any atom is 0.490 e. The molecular weight excluding hydrogens is 527 g/mol. The third kappa shape index (κ3) is 11.9. The van der Waals surface area contributed by atoms with Crippen molar-refractivity contribution in [3.8, 4) is 0 Å². The van der Waals surface area contributed by atoms with Crippen LogP contribution < -0.4 is 5.32 Å². The van der Waals surface area contributed by atoms with Crippen molar-refractivity contribution in [3.05, 3.63) is 24.1 Å². The van der Waals surface area contributed by atoms with Crippen LogP contribution >= 0.6 is 0 Å². The Morgan fingerprint density at radius 2 is 1.76 bits per heavy atom. The minimum Gasteiger partial charge on any atom is -0.475 e. The van der Waals surface area contributed by atoms with Crippen LogP contribution in [0, 0.1) is 11.7 Å². The summed E-state index contributed by atoms with van der Waals surface area (Å²) in [5.41, 5.74) is -0.319. The Labute approximate surface area is 206 Å². The standard InChI is InChI=1S/C16H24FN3O3.2C2HF3O2/c17-14-2-1-3-18-15(14)19-9-13-8-16(23-10-13)11-20(4-6-21)5-7-22-12-16;2*3-2(4,5)1(6)7/h1-3,13,21H,4-12H2,(H,18,19);2*(H,6,7). The number of carboxylic acid groups (broad SMARTS) is 2. The maximum atomic E-state index is 13.6. The van der Waals surface area contributed by atoms with Crippen LogP contribution in [-0.4, -0.2) is 108 Å². The molecule has 2 atom stereocenters. The third-order valence-corrected chi connectivity index (χ3v) is 4.93. The average molecular weight is 553 g/mol.